The number of hydrogen-bond acceptors (Lipinski definition) is 4. The van der Waals surface area contributed by atoms with Crippen LogP contribution < -0.4 is 4.74 Å². The van der Waals surface area contributed by atoms with E-state index in [4.69, 9.17) is 9.84 Å². The van der Waals surface area contributed by atoms with Crippen molar-refractivity contribution in [2.45, 2.75) is 38.5 Å². The Kier molecular flexibility index (Phi) is 5.16. The van der Waals surface area contributed by atoms with Gasteiger partial charge in [0.15, 0.2) is 11.6 Å². The first-order chi connectivity index (χ1) is 15.8. The lowest BCUT2D eigenvalue weighted by molar-refractivity contribution is -0.129. The van der Waals surface area contributed by atoms with Crippen LogP contribution in [0.4, 0.5) is 13.2 Å². The van der Waals surface area contributed by atoms with Crippen LogP contribution in [-0.4, -0.2) is 45.5 Å². The predicted molar refractivity (Wildman–Crippen MR) is 113 cm³/mol. The highest BCUT2D eigenvalue weighted by atomic mass is 19.1. The zero-order valence-corrected chi connectivity index (χ0v) is 18.1. The van der Waals surface area contributed by atoms with Gasteiger partial charge in [-0.25, -0.2) is 13.2 Å². The van der Waals surface area contributed by atoms with Crippen LogP contribution in [0, 0.1) is 17.5 Å². The van der Waals surface area contributed by atoms with Crippen LogP contribution in [0.2, 0.25) is 0 Å². The first-order valence-electron chi connectivity index (χ1n) is 10.6. The van der Waals surface area contributed by atoms with Gasteiger partial charge in [0.1, 0.15) is 17.7 Å². The van der Waals surface area contributed by atoms with E-state index in [0.29, 0.717) is 29.8 Å². The van der Waals surface area contributed by atoms with Gasteiger partial charge in [-0.05, 0) is 35.4 Å². The summed E-state index contributed by atoms with van der Waals surface area (Å²) in [5.74, 6) is -1.99. The van der Waals surface area contributed by atoms with Crippen LogP contribution in [0.3, 0.4) is 0 Å². The number of aliphatic hydroxyl groups excluding tert-OH is 1. The largest absolute Gasteiger partial charge is 0.494 e. The summed E-state index contributed by atoms with van der Waals surface area (Å²) in [6.45, 7) is 2.22. The maximum Gasteiger partial charge on any atom is 0.219 e. The molecule has 0 spiro atoms. The Morgan fingerprint density at radius 1 is 1.15 bits per heavy atom. The number of fused-ring (bicyclic) bond motifs is 2. The molecule has 33 heavy (non-hydrogen) atoms. The molecule has 0 saturated heterocycles. The van der Waals surface area contributed by atoms with E-state index < -0.39 is 29.6 Å². The zero-order chi connectivity index (χ0) is 23.4. The first-order valence-corrected chi connectivity index (χ1v) is 10.6. The highest BCUT2D eigenvalue weighted by molar-refractivity contribution is 5.75. The molecule has 2 aromatic carbocycles. The van der Waals surface area contributed by atoms with Crippen molar-refractivity contribution in [3.8, 4) is 17.0 Å². The zero-order valence-electron chi connectivity index (χ0n) is 18.1. The molecular weight excluding hydrogens is 435 g/mol. The molecule has 2 aliphatic rings. The lowest BCUT2D eigenvalue weighted by Crippen LogP contribution is -2.35. The SMILES string of the molecule is COc1cc(-c2nn([C@@H]3c4cc(F)cc(F)c4C[C@@H]3O)c3c2CN(C(C)=O)CC3)ccc1F. The topological polar surface area (TPSA) is 67.6 Å². The standard InChI is InChI=1S/C24H22F3N3O3/c1-12(31)29-6-5-20-17(11-29)23(13-3-4-18(26)22(7-13)33-2)28-30(20)24-16-8-14(25)9-19(27)15(16)10-21(24)32/h3-4,7-9,21,24,32H,5-6,10-11H2,1-2H3/t21-,24+/m0/s1. The number of amides is 1. The normalized spacial score (nSPS) is 19.4. The molecule has 2 heterocycles. The van der Waals surface area contributed by atoms with Gasteiger partial charge in [-0.1, -0.05) is 0 Å². The molecule has 0 unspecified atom stereocenters. The molecule has 1 amide bonds. The third kappa shape index (κ3) is 3.47. The Hall–Kier alpha value is -3.33. The maximum absolute atomic E-state index is 14.4. The van der Waals surface area contributed by atoms with E-state index >= 15 is 0 Å². The highest BCUT2D eigenvalue weighted by Crippen LogP contribution is 2.41. The van der Waals surface area contributed by atoms with Gasteiger partial charge in [0.25, 0.3) is 0 Å². The lowest BCUT2D eigenvalue weighted by atomic mass is 9.99. The molecule has 1 aromatic heterocycles. The van der Waals surface area contributed by atoms with E-state index in [2.05, 4.69) is 0 Å². The predicted octanol–water partition coefficient (Wildman–Crippen LogP) is 3.39. The monoisotopic (exact) mass is 457 g/mol. The van der Waals surface area contributed by atoms with Crippen LogP contribution in [-0.2, 0) is 24.2 Å². The van der Waals surface area contributed by atoms with Gasteiger partial charge in [-0.15, -0.1) is 0 Å². The second-order valence-corrected chi connectivity index (χ2v) is 8.43. The number of nitrogens with zero attached hydrogens (tertiary/aromatic N) is 3. The van der Waals surface area contributed by atoms with E-state index in [1.807, 2.05) is 0 Å². The number of methoxy groups -OCH3 is 1. The summed E-state index contributed by atoms with van der Waals surface area (Å²) in [5.41, 5.74) is 3.22. The van der Waals surface area contributed by atoms with Gasteiger partial charge >= 0.3 is 0 Å². The van der Waals surface area contributed by atoms with Crippen LogP contribution in [0.5, 0.6) is 5.75 Å². The Bertz CT molecular complexity index is 1270. The number of aromatic nitrogens is 2. The number of benzene rings is 2. The molecule has 0 saturated carbocycles. The minimum Gasteiger partial charge on any atom is -0.494 e. The summed E-state index contributed by atoms with van der Waals surface area (Å²) in [5, 5.41) is 15.6. The Morgan fingerprint density at radius 3 is 2.67 bits per heavy atom. The number of ether oxygens (including phenoxy) is 1. The van der Waals surface area contributed by atoms with Gasteiger partial charge in [0.05, 0.1) is 18.9 Å². The summed E-state index contributed by atoms with van der Waals surface area (Å²) in [6, 6.07) is 5.63. The lowest BCUT2D eigenvalue weighted by Gasteiger charge is -2.28. The molecule has 0 fully saturated rings. The summed E-state index contributed by atoms with van der Waals surface area (Å²) < 4.78 is 49.2. The average molecular weight is 457 g/mol. The van der Waals surface area contributed by atoms with Crippen molar-refractivity contribution in [1.82, 2.24) is 14.7 Å². The molecule has 1 N–H and O–H groups in total. The highest BCUT2D eigenvalue weighted by Gasteiger charge is 2.39. The average Bonchev–Trinajstić information content (AvgIpc) is 3.31. The summed E-state index contributed by atoms with van der Waals surface area (Å²) in [6.07, 6.45) is -0.502. The Morgan fingerprint density at radius 2 is 1.94 bits per heavy atom. The molecule has 6 nitrogen and oxygen atoms in total. The third-order valence-electron chi connectivity index (χ3n) is 6.51. The van der Waals surface area contributed by atoms with Crippen molar-refractivity contribution >= 4 is 5.91 Å². The molecular formula is C24H22F3N3O3. The summed E-state index contributed by atoms with van der Waals surface area (Å²) in [7, 11) is 1.36. The maximum atomic E-state index is 14.4. The number of halogens is 3. The second kappa shape index (κ2) is 7.91. The molecule has 3 aromatic rings. The van der Waals surface area contributed by atoms with Crippen molar-refractivity contribution in [1.29, 1.82) is 0 Å². The van der Waals surface area contributed by atoms with Crippen LogP contribution in [0.1, 0.15) is 35.3 Å². The number of hydrogen-bond donors (Lipinski definition) is 1. The molecule has 9 heteroatoms. The molecule has 0 bridgehead atoms. The molecule has 1 aliphatic carbocycles. The van der Waals surface area contributed by atoms with E-state index in [1.54, 1.807) is 15.6 Å². The second-order valence-electron chi connectivity index (χ2n) is 8.43. The number of aliphatic hydroxyl groups is 1. The van der Waals surface area contributed by atoms with Crippen LogP contribution in [0.15, 0.2) is 30.3 Å². The number of carbonyl (C=O) groups excluding carboxylic acids is 1. The molecule has 2 atom stereocenters. The fourth-order valence-corrected chi connectivity index (χ4v) is 4.91. The smallest absolute Gasteiger partial charge is 0.219 e. The van der Waals surface area contributed by atoms with Crippen LogP contribution in [0.25, 0.3) is 11.3 Å². The fraction of sp³-hybridized carbons (Fsp3) is 0.333. The fourth-order valence-electron chi connectivity index (χ4n) is 4.91. The third-order valence-corrected chi connectivity index (χ3v) is 6.51. The van der Waals surface area contributed by atoms with Crippen molar-refractivity contribution in [2.75, 3.05) is 13.7 Å². The van der Waals surface area contributed by atoms with Crippen LogP contribution >= 0.6 is 0 Å². The minimum absolute atomic E-state index is 0.0417. The van der Waals surface area contributed by atoms with E-state index in [0.717, 1.165) is 17.3 Å². The molecule has 172 valence electrons. The Labute approximate surface area is 188 Å². The van der Waals surface area contributed by atoms with Gasteiger partial charge in [0, 0.05) is 55.7 Å². The number of carbonyl (C=O) groups is 1. The molecule has 0 radical (unpaired) electrons. The molecule has 5 rings (SSSR count). The summed E-state index contributed by atoms with van der Waals surface area (Å²) >= 11 is 0. The van der Waals surface area contributed by atoms with Crippen molar-refractivity contribution in [3.63, 3.8) is 0 Å². The minimum atomic E-state index is -0.998. The quantitative estimate of drug-likeness (QED) is 0.655. The first kappa shape index (κ1) is 21.5. The van der Waals surface area contributed by atoms with E-state index in [9.17, 15) is 23.1 Å². The van der Waals surface area contributed by atoms with Gasteiger partial charge in [-0.2, -0.15) is 5.10 Å². The van der Waals surface area contributed by atoms with Gasteiger partial charge in [0.2, 0.25) is 5.91 Å². The van der Waals surface area contributed by atoms with Crippen molar-refractivity contribution in [3.05, 3.63) is 70.2 Å². The number of rotatable bonds is 3. The van der Waals surface area contributed by atoms with E-state index in [-0.39, 0.29) is 30.2 Å². The van der Waals surface area contributed by atoms with Gasteiger partial charge in [-0.3, -0.25) is 9.48 Å². The summed E-state index contributed by atoms with van der Waals surface area (Å²) in [4.78, 5) is 13.7. The molecule has 1 aliphatic heterocycles. The Balaban J connectivity index is 1.70. The van der Waals surface area contributed by atoms with Crippen molar-refractivity contribution in [2.24, 2.45) is 0 Å². The van der Waals surface area contributed by atoms with E-state index in [1.165, 1.54) is 32.2 Å². The van der Waals surface area contributed by atoms with Gasteiger partial charge < -0.3 is 14.7 Å². The van der Waals surface area contributed by atoms with Crippen molar-refractivity contribution < 1.29 is 27.8 Å².